The summed E-state index contributed by atoms with van der Waals surface area (Å²) in [6.45, 7) is 5.81. The molecule has 1 aromatic carbocycles. The Kier molecular flexibility index (Phi) is 4.60. The number of ether oxygens (including phenoxy) is 1. The van der Waals surface area contributed by atoms with E-state index in [1.54, 1.807) is 0 Å². The van der Waals surface area contributed by atoms with Crippen LogP contribution in [0.3, 0.4) is 0 Å². The van der Waals surface area contributed by atoms with Gasteiger partial charge in [-0.1, -0.05) is 12.1 Å². The maximum absolute atomic E-state index is 11.9. The Labute approximate surface area is 135 Å². The van der Waals surface area contributed by atoms with Crippen molar-refractivity contribution in [3.8, 4) is 5.75 Å². The largest absolute Gasteiger partial charge is 0.493 e. The van der Waals surface area contributed by atoms with Gasteiger partial charge < -0.3 is 14.6 Å². The first-order chi connectivity index (χ1) is 11.1. The van der Waals surface area contributed by atoms with Crippen LogP contribution in [0, 0.1) is 13.8 Å². The van der Waals surface area contributed by atoms with Gasteiger partial charge in [-0.2, -0.15) is 0 Å². The van der Waals surface area contributed by atoms with Crippen molar-refractivity contribution in [2.24, 2.45) is 0 Å². The molecule has 0 saturated carbocycles. The van der Waals surface area contributed by atoms with Crippen molar-refractivity contribution in [1.82, 2.24) is 20.1 Å². The van der Waals surface area contributed by atoms with Crippen molar-refractivity contribution >= 4 is 5.91 Å². The average molecular weight is 314 g/mol. The van der Waals surface area contributed by atoms with Crippen molar-refractivity contribution in [3.05, 3.63) is 41.0 Å². The van der Waals surface area contributed by atoms with Crippen molar-refractivity contribution in [3.63, 3.8) is 0 Å². The minimum absolute atomic E-state index is 0.0364. The summed E-state index contributed by atoms with van der Waals surface area (Å²) in [5.41, 5.74) is 2.31. The molecular formula is C17H22N4O2. The second-order valence-electron chi connectivity index (χ2n) is 5.86. The molecule has 0 radical (unpaired) electrons. The first kappa shape index (κ1) is 15.5. The van der Waals surface area contributed by atoms with E-state index in [0.29, 0.717) is 19.6 Å². The van der Waals surface area contributed by atoms with Crippen LogP contribution in [0.15, 0.2) is 18.2 Å². The Hall–Kier alpha value is -2.37. The Morgan fingerprint density at radius 2 is 2.22 bits per heavy atom. The number of nitrogens with zero attached hydrogens (tertiary/aromatic N) is 3. The summed E-state index contributed by atoms with van der Waals surface area (Å²) >= 11 is 0. The fraction of sp³-hybridized carbons (Fsp3) is 0.471. The van der Waals surface area contributed by atoms with E-state index >= 15 is 0 Å². The highest BCUT2D eigenvalue weighted by Crippen LogP contribution is 2.20. The maximum atomic E-state index is 11.9. The van der Waals surface area contributed by atoms with Crippen LogP contribution >= 0.6 is 0 Å². The second kappa shape index (κ2) is 6.81. The molecule has 23 heavy (non-hydrogen) atoms. The molecule has 0 spiro atoms. The normalized spacial score (nSPS) is 13.0. The van der Waals surface area contributed by atoms with Gasteiger partial charge >= 0.3 is 0 Å². The Morgan fingerprint density at radius 1 is 1.35 bits per heavy atom. The highest BCUT2D eigenvalue weighted by atomic mass is 16.5. The molecular weight excluding hydrogens is 292 g/mol. The SMILES string of the molecule is Cc1cccc(OCCC(=O)NCc2nnc3n2CCC3)c1C. The molecule has 0 unspecified atom stereocenters. The van der Waals surface area contributed by atoms with Crippen molar-refractivity contribution < 1.29 is 9.53 Å². The molecule has 0 aliphatic carbocycles. The highest BCUT2D eigenvalue weighted by molar-refractivity contribution is 5.75. The number of fused-ring (bicyclic) bond motifs is 1. The van der Waals surface area contributed by atoms with Gasteiger partial charge in [-0.3, -0.25) is 4.79 Å². The predicted molar refractivity (Wildman–Crippen MR) is 86.2 cm³/mol. The third-order valence-corrected chi connectivity index (χ3v) is 4.27. The molecule has 6 nitrogen and oxygen atoms in total. The average Bonchev–Trinajstić information content (AvgIpc) is 3.13. The van der Waals surface area contributed by atoms with Gasteiger partial charge in [0.1, 0.15) is 11.6 Å². The van der Waals surface area contributed by atoms with E-state index in [2.05, 4.69) is 20.1 Å². The molecule has 1 aliphatic heterocycles. The summed E-state index contributed by atoms with van der Waals surface area (Å²) in [5.74, 6) is 2.66. The van der Waals surface area contributed by atoms with E-state index in [1.807, 2.05) is 32.0 Å². The highest BCUT2D eigenvalue weighted by Gasteiger charge is 2.17. The van der Waals surface area contributed by atoms with Gasteiger partial charge in [0, 0.05) is 13.0 Å². The van der Waals surface area contributed by atoms with Crippen LogP contribution in [0.2, 0.25) is 0 Å². The van der Waals surface area contributed by atoms with Gasteiger partial charge in [0.15, 0.2) is 5.82 Å². The molecule has 0 bridgehead atoms. The van der Waals surface area contributed by atoms with Gasteiger partial charge in [-0.05, 0) is 37.5 Å². The van der Waals surface area contributed by atoms with Gasteiger partial charge in [0.2, 0.25) is 5.91 Å². The lowest BCUT2D eigenvalue weighted by atomic mass is 10.1. The summed E-state index contributed by atoms with van der Waals surface area (Å²) in [7, 11) is 0. The van der Waals surface area contributed by atoms with Crippen LogP contribution in [0.25, 0.3) is 0 Å². The first-order valence-electron chi connectivity index (χ1n) is 8.02. The van der Waals surface area contributed by atoms with Crippen LogP contribution in [0.4, 0.5) is 0 Å². The van der Waals surface area contributed by atoms with E-state index in [9.17, 15) is 4.79 Å². The number of amides is 1. The van der Waals surface area contributed by atoms with Gasteiger partial charge in [0.25, 0.3) is 0 Å². The number of hydrogen-bond acceptors (Lipinski definition) is 4. The summed E-state index contributed by atoms with van der Waals surface area (Å²) in [6.07, 6.45) is 2.41. The van der Waals surface area contributed by atoms with E-state index in [4.69, 9.17) is 4.74 Å². The minimum atomic E-state index is -0.0364. The predicted octanol–water partition coefficient (Wildman–Crippen LogP) is 1.93. The van der Waals surface area contributed by atoms with Crippen LogP contribution in [-0.2, 0) is 24.3 Å². The van der Waals surface area contributed by atoms with E-state index < -0.39 is 0 Å². The van der Waals surface area contributed by atoms with Crippen molar-refractivity contribution in [2.75, 3.05) is 6.61 Å². The standard InChI is InChI=1S/C17H22N4O2/c1-12-5-3-6-14(13(12)2)23-10-8-17(22)18-11-16-20-19-15-7-4-9-21(15)16/h3,5-6H,4,7-11H2,1-2H3,(H,18,22). The number of carbonyl (C=O) groups excluding carboxylic acids is 1. The summed E-state index contributed by atoms with van der Waals surface area (Å²) in [4.78, 5) is 11.9. The molecule has 0 fully saturated rings. The number of aryl methyl sites for hydroxylation is 2. The van der Waals surface area contributed by atoms with Crippen molar-refractivity contribution in [1.29, 1.82) is 0 Å². The summed E-state index contributed by atoms with van der Waals surface area (Å²) in [5, 5.41) is 11.1. The molecule has 1 aliphatic rings. The van der Waals surface area contributed by atoms with Crippen LogP contribution in [0.1, 0.15) is 35.6 Å². The number of nitrogens with one attached hydrogen (secondary N) is 1. The number of carbonyl (C=O) groups is 1. The van der Waals surface area contributed by atoms with Crippen LogP contribution in [0.5, 0.6) is 5.75 Å². The third kappa shape index (κ3) is 3.52. The maximum Gasteiger partial charge on any atom is 0.223 e. The topological polar surface area (TPSA) is 69.0 Å². The fourth-order valence-corrected chi connectivity index (χ4v) is 2.74. The first-order valence-corrected chi connectivity index (χ1v) is 8.02. The monoisotopic (exact) mass is 314 g/mol. The van der Waals surface area contributed by atoms with Gasteiger partial charge in [-0.25, -0.2) is 0 Å². The molecule has 2 aromatic rings. The zero-order valence-corrected chi connectivity index (χ0v) is 13.6. The summed E-state index contributed by atoms with van der Waals surface area (Å²) in [6, 6.07) is 5.94. The molecule has 0 atom stereocenters. The Morgan fingerprint density at radius 3 is 3.09 bits per heavy atom. The zero-order valence-electron chi connectivity index (χ0n) is 13.6. The third-order valence-electron chi connectivity index (χ3n) is 4.27. The van der Waals surface area contributed by atoms with Crippen LogP contribution < -0.4 is 10.1 Å². The molecule has 1 N–H and O–H groups in total. The second-order valence-corrected chi connectivity index (χ2v) is 5.86. The van der Waals surface area contributed by atoms with Crippen molar-refractivity contribution in [2.45, 2.75) is 46.2 Å². The lowest BCUT2D eigenvalue weighted by molar-refractivity contribution is -0.121. The fourth-order valence-electron chi connectivity index (χ4n) is 2.74. The van der Waals surface area contributed by atoms with Gasteiger partial charge in [0.05, 0.1) is 19.6 Å². The molecule has 2 heterocycles. The lowest BCUT2D eigenvalue weighted by Gasteiger charge is -2.11. The molecule has 1 aromatic heterocycles. The number of hydrogen-bond donors (Lipinski definition) is 1. The number of rotatable bonds is 6. The number of aromatic nitrogens is 3. The lowest BCUT2D eigenvalue weighted by Crippen LogP contribution is -2.26. The molecule has 1 amide bonds. The van der Waals surface area contributed by atoms with E-state index in [0.717, 1.165) is 42.3 Å². The Balaban J connectivity index is 1.44. The molecule has 122 valence electrons. The quantitative estimate of drug-likeness (QED) is 0.884. The zero-order chi connectivity index (χ0) is 16.2. The molecule has 3 rings (SSSR count). The van der Waals surface area contributed by atoms with Crippen LogP contribution in [-0.4, -0.2) is 27.3 Å². The molecule has 6 heteroatoms. The van der Waals surface area contributed by atoms with E-state index in [1.165, 1.54) is 5.56 Å². The summed E-state index contributed by atoms with van der Waals surface area (Å²) < 4.78 is 7.80. The number of benzene rings is 1. The van der Waals surface area contributed by atoms with Gasteiger partial charge in [-0.15, -0.1) is 10.2 Å². The smallest absolute Gasteiger partial charge is 0.223 e. The Bertz CT molecular complexity index is 709. The minimum Gasteiger partial charge on any atom is -0.493 e. The molecule has 0 saturated heterocycles. The van der Waals surface area contributed by atoms with E-state index in [-0.39, 0.29) is 5.91 Å².